The van der Waals surface area contributed by atoms with Gasteiger partial charge in [0, 0.05) is 48.8 Å². The average molecular weight is 575 g/mol. The molecule has 0 aliphatic carbocycles. The van der Waals surface area contributed by atoms with E-state index in [1.54, 1.807) is 39.0 Å². The van der Waals surface area contributed by atoms with Crippen LogP contribution in [0.1, 0.15) is 59.9 Å². The summed E-state index contributed by atoms with van der Waals surface area (Å²) >= 11 is 0. The number of rotatable bonds is 6. The lowest BCUT2D eigenvalue weighted by Gasteiger charge is -2.33. The van der Waals surface area contributed by atoms with Crippen molar-refractivity contribution in [3.05, 3.63) is 71.4 Å². The van der Waals surface area contributed by atoms with E-state index in [9.17, 15) is 19.2 Å². The Bertz CT molecular complexity index is 1440. The van der Waals surface area contributed by atoms with E-state index in [4.69, 9.17) is 9.57 Å². The van der Waals surface area contributed by atoms with Gasteiger partial charge in [-0.05, 0) is 69.7 Å². The minimum absolute atomic E-state index is 0.0675. The van der Waals surface area contributed by atoms with Crippen LogP contribution in [0.5, 0.6) is 0 Å². The Balaban J connectivity index is 1.18. The normalized spacial score (nSPS) is 16.8. The molecule has 42 heavy (non-hydrogen) atoms. The van der Waals surface area contributed by atoms with E-state index in [1.807, 2.05) is 11.0 Å². The van der Waals surface area contributed by atoms with Gasteiger partial charge in [-0.25, -0.2) is 4.79 Å². The van der Waals surface area contributed by atoms with Crippen molar-refractivity contribution in [2.45, 2.75) is 45.6 Å². The second-order valence-electron chi connectivity index (χ2n) is 12.0. The van der Waals surface area contributed by atoms with Gasteiger partial charge in [-0.3, -0.25) is 14.4 Å². The van der Waals surface area contributed by atoms with Crippen molar-refractivity contribution in [2.75, 3.05) is 39.3 Å². The lowest BCUT2D eigenvalue weighted by Crippen LogP contribution is -2.51. The van der Waals surface area contributed by atoms with Crippen molar-refractivity contribution in [1.29, 1.82) is 0 Å². The lowest BCUT2D eigenvalue weighted by molar-refractivity contribution is -0.162. The van der Waals surface area contributed by atoms with Crippen LogP contribution in [0.2, 0.25) is 0 Å². The number of nitrogens with zero attached hydrogens (tertiary/aromatic N) is 3. The smallest absolute Gasteiger partial charge is 0.427 e. The Morgan fingerprint density at radius 3 is 2.24 bits per heavy atom. The summed E-state index contributed by atoms with van der Waals surface area (Å²) in [6.45, 7) is 7.58. The van der Waals surface area contributed by atoms with Gasteiger partial charge in [0.05, 0.1) is 18.7 Å². The third kappa shape index (κ3) is 6.99. The van der Waals surface area contributed by atoms with Gasteiger partial charge in [0.2, 0.25) is 0 Å². The number of Topliss-reactive ketones (excluding diaryl/α,β-unsaturated/α-hetero) is 1. The van der Waals surface area contributed by atoms with Crippen molar-refractivity contribution < 1.29 is 28.8 Å². The van der Waals surface area contributed by atoms with Gasteiger partial charge in [0.25, 0.3) is 17.6 Å². The topological polar surface area (TPSA) is 112 Å². The Morgan fingerprint density at radius 2 is 1.57 bits per heavy atom. The van der Waals surface area contributed by atoms with Gasteiger partial charge in [-0.2, -0.15) is 0 Å². The monoisotopic (exact) mass is 574 g/mol. The highest BCUT2D eigenvalue weighted by atomic mass is 16.8. The molecular formula is C32H38N4O6. The largest absolute Gasteiger partial charge is 0.528 e. The number of carbonyl (C=O) groups excluding carboxylic acids is 4. The molecule has 0 radical (unpaired) electrons. The van der Waals surface area contributed by atoms with Crippen LogP contribution in [0.4, 0.5) is 4.79 Å². The zero-order valence-electron chi connectivity index (χ0n) is 24.4. The highest BCUT2D eigenvalue weighted by Crippen LogP contribution is 2.26. The summed E-state index contributed by atoms with van der Waals surface area (Å²) in [4.78, 5) is 63.3. The number of aromatic amines is 1. The number of H-pyrrole nitrogens is 1. The number of carbonyl (C=O) groups is 4. The molecule has 0 saturated carbocycles. The molecule has 1 aromatic heterocycles. The van der Waals surface area contributed by atoms with E-state index < -0.39 is 23.4 Å². The molecule has 5 rings (SSSR count). The molecule has 2 aliphatic rings. The fraction of sp³-hybridized carbons (Fsp3) is 0.438. The Hall–Kier alpha value is -4.18. The maximum atomic E-state index is 13.4. The van der Waals surface area contributed by atoms with Gasteiger partial charge in [0.15, 0.2) is 0 Å². The number of piperazine rings is 1. The fourth-order valence-corrected chi connectivity index (χ4v) is 5.53. The van der Waals surface area contributed by atoms with E-state index in [1.165, 1.54) is 21.7 Å². The van der Waals surface area contributed by atoms with Crippen LogP contribution >= 0.6 is 0 Å². The van der Waals surface area contributed by atoms with Crippen LogP contribution in [-0.4, -0.2) is 88.5 Å². The maximum Gasteiger partial charge on any atom is 0.528 e. The zero-order chi connectivity index (χ0) is 29.9. The van der Waals surface area contributed by atoms with Gasteiger partial charge in [-0.1, -0.05) is 30.3 Å². The highest BCUT2D eigenvalue weighted by molar-refractivity contribution is 6.45. The van der Waals surface area contributed by atoms with Gasteiger partial charge in [-0.15, -0.1) is 5.06 Å². The van der Waals surface area contributed by atoms with E-state index in [-0.39, 0.29) is 37.6 Å². The van der Waals surface area contributed by atoms with E-state index in [0.717, 1.165) is 19.3 Å². The molecule has 2 aromatic carbocycles. The second-order valence-corrected chi connectivity index (χ2v) is 12.0. The third-order valence-electron chi connectivity index (χ3n) is 7.76. The molecule has 3 heterocycles. The summed E-state index contributed by atoms with van der Waals surface area (Å²) in [5, 5.41) is 1.97. The number of ether oxygens (including phenoxy) is 1. The van der Waals surface area contributed by atoms with E-state index in [2.05, 4.69) is 29.2 Å². The number of hydrogen-bond acceptors (Lipinski definition) is 7. The maximum absolute atomic E-state index is 13.4. The molecular weight excluding hydrogens is 536 g/mol. The first kappa shape index (κ1) is 29.3. The third-order valence-corrected chi connectivity index (χ3v) is 7.76. The molecule has 222 valence electrons. The summed E-state index contributed by atoms with van der Waals surface area (Å²) < 4.78 is 5.17. The van der Waals surface area contributed by atoms with Crippen LogP contribution in [0.15, 0.2) is 54.7 Å². The molecule has 0 atom stereocenters. The predicted molar refractivity (Wildman–Crippen MR) is 157 cm³/mol. The number of benzene rings is 2. The molecule has 2 saturated heterocycles. The Morgan fingerprint density at radius 1 is 0.881 bits per heavy atom. The molecule has 2 aliphatic heterocycles. The predicted octanol–water partition coefficient (Wildman–Crippen LogP) is 4.46. The van der Waals surface area contributed by atoms with Crippen LogP contribution in [0, 0.1) is 5.92 Å². The number of hydrogen-bond donors (Lipinski definition) is 1. The summed E-state index contributed by atoms with van der Waals surface area (Å²) in [5.41, 5.74) is 2.06. The fourth-order valence-electron chi connectivity index (χ4n) is 5.53. The molecule has 10 nitrogen and oxygen atoms in total. The molecule has 2 amide bonds. The zero-order valence-corrected chi connectivity index (χ0v) is 24.4. The minimum atomic E-state index is -0.806. The number of aromatic nitrogens is 1. The molecule has 0 spiro atoms. The van der Waals surface area contributed by atoms with Crippen molar-refractivity contribution in [3.8, 4) is 0 Å². The molecule has 3 aromatic rings. The molecule has 2 fully saturated rings. The van der Waals surface area contributed by atoms with Crippen LogP contribution in [-0.2, 0) is 20.8 Å². The number of fused-ring (bicyclic) bond motifs is 1. The average Bonchev–Trinajstić information content (AvgIpc) is 3.40. The Kier molecular flexibility index (Phi) is 8.63. The van der Waals surface area contributed by atoms with Gasteiger partial charge in [0.1, 0.15) is 5.60 Å². The molecule has 0 unspecified atom stereocenters. The summed E-state index contributed by atoms with van der Waals surface area (Å²) in [6.07, 6.45) is 3.63. The number of likely N-dealkylation sites (tertiary alicyclic amines) is 1. The number of hydroxylamine groups is 2. The first-order chi connectivity index (χ1) is 20.1. The van der Waals surface area contributed by atoms with Crippen molar-refractivity contribution >= 4 is 34.7 Å². The standard InChI is InChI=1S/C32H38N4O6/c1-32(2,3)41-31(40)42-36-17-15-35(16-18-36)30(39)28(37)26-21-33-27-10-9-24(20-25(26)27)29(38)34-13-11-23(12-14-34)19-22-7-5-4-6-8-22/h4-10,20-21,23,33H,11-19H2,1-3H3. The minimum Gasteiger partial charge on any atom is -0.427 e. The van der Waals surface area contributed by atoms with Crippen LogP contribution < -0.4 is 0 Å². The highest BCUT2D eigenvalue weighted by Gasteiger charge is 2.31. The number of nitrogens with one attached hydrogen (secondary N) is 1. The first-order valence-corrected chi connectivity index (χ1v) is 14.5. The van der Waals surface area contributed by atoms with Crippen LogP contribution in [0.25, 0.3) is 10.9 Å². The summed E-state index contributed by atoms with van der Waals surface area (Å²) in [7, 11) is 0. The van der Waals surface area contributed by atoms with Crippen molar-refractivity contribution in [2.24, 2.45) is 5.92 Å². The van der Waals surface area contributed by atoms with Gasteiger partial charge < -0.3 is 24.4 Å². The number of piperidine rings is 1. The quantitative estimate of drug-likeness (QED) is 0.263. The van der Waals surface area contributed by atoms with E-state index in [0.29, 0.717) is 35.5 Å². The van der Waals surface area contributed by atoms with Crippen molar-refractivity contribution in [3.63, 3.8) is 0 Å². The number of ketones is 1. The Labute approximate surface area is 245 Å². The summed E-state index contributed by atoms with van der Waals surface area (Å²) in [5.74, 6) is -0.800. The molecule has 0 bridgehead atoms. The van der Waals surface area contributed by atoms with Crippen molar-refractivity contribution in [1.82, 2.24) is 19.8 Å². The van der Waals surface area contributed by atoms with Crippen LogP contribution in [0.3, 0.4) is 0 Å². The first-order valence-electron chi connectivity index (χ1n) is 14.5. The number of amides is 2. The summed E-state index contributed by atoms with van der Waals surface area (Å²) in [6, 6.07) is 15.7. The van der Waals surface area contributed by atoms with E-state index >= 15 is 0 Å². The molecule has 1 N–H and O–H groups in total. The SMILES string of the molecule is CC(C)(C)OC(=O)ON1CCN(C(=O)C(=O)c2c[nH]c3ccc(C(=O)N4CCC(Cc5ccccc5)CC4)cc23)CC1. The second kappa shape index (κ2) is 12.4. The lowest BCUT2D eigenvalue weighted by atomic mass is 9.90. The van der Waals surface area contributed by atoms with Gasteiger partial charge >= 0.3 is 6.16 Å². The molecule has 10 heteroatoms.